The number of carbonyl (C=O) groups excluding carboxylic acids is 4. The van der Waals surface area contributed by atoms with Crippen molar-refractivity contribution < 1.29 is 28.7 Å². The highest BCUT2D eigenvalue weighted by atomic mass is 35.5. The Morgan fingerprint density at radius 1 is 0.735 bits per heavy atom. The minimum absolute atomic E-state index is 0.182. The van der Waals surface area contributed by atoms with Crippen LogP contribution in [0.4, 0.5) is 0 Å². The van der Waals surface area contributed by atoms with Gasteiger partial charge in [0.25, 0.3) is 11.8 Å². The number of likely N-dealkylation sites (tertiary alicyclic amines) is 2. The molecule has 2 heterocycles. The molecule has 0 radical (unpaired) electrons. The second kappa shape index (κ2) is 11.9. The monoisotopic (exact) mass is 512 g/mol. The van der Waals surface area contributed by atoms with Gasteiger partial charge < -0.3 is 19.3 Å². The van der Waals surface area contributed by atoms with Crippen molar-refractivity contribution in [2.75, 3.05) is 39.4 Å². The molecule has 0 saturated carbocycles. The molecule has 1 aromatic rings. The van der Waals surface area contributed by atoms with Crippen LogP contribution in [0.3, 0.4) is 0 Å². The first-order chi connectivity index (χ1) is 16.3. The fourth-order valence-corrected chi connectivity index (χ4v) is 4.73. The van der Waals surface area contributed by atoms with Crippen molar-refractivity contribution in [3.8, 4) is 0 Å². The molecular weight excluding hydrogens is 483 g/mol. The first kappa shape index (κ1) is 26.3. The third kappa shape index (κ3) is 6.02. The predicted molar refractivity (Wildman–Crippen MR) is 127 cm³/mol. The van der Waals surface area contributed by atoms with Gasteiger partial charge in [0.2, 0.25) is 0 Å². The molecule has 2 saturated heterocycles. The maximum absolute atomic E-state index is 13.4. The number of rotatable bonds is 6. The van der Waals surface area contributed by atoms with E-state index in [1.54, 1.807) is 23.6 Å². The van der Waals surface area contributed by atoms with Crippen LogP contribution in [-0.4, -0.2) is 72.9 Å². The number of esters is 2. The van der Waals surface area contributed by atoms with Crippen LogP contribution in [0.5, 0.6) is 0 Å². The Labute approximate surface area is 209 Å². The van der Waals surface area contributed by atoms with E-state index in [0.717, 1.165) is 0 Å². The number of hydrogen-bond donors (Lipinski definition) is 0. The van der Waals surface area contributed by atoms with Gasteiger partial charge in [-0.05, 0) is 51.7 Å². The maximum atomic E-state index is 13.4. The predicted octanol–water partition coefficient (Wildman–Crippen LogP) is 3.82. The fraction of sp³-hybridized carbons (Fsp3) is 0.583. The number of nitrogens with zero attached hydrogens (tertiary/aromatic N) is 2. The number of piperidine rings is 2. The lowest BCUT2D eigenvalue weighted by Crippen LogP contribution is -2.43. The molecule has 0 unspecified atom stereocenters. The van der Waals surface area contributed by atoms with Gasteiger partial charge in [0, 0.05) is 26.2 Å². The second-order valence-electron chi connectivity index (χ2n) is 8.45. The Hall–Kier alpha value is -2.32. The van der Waals surface area contributed by atoms with Crippen LogP contribution in [-0.2, 0) is 19.1 Å². The summed E-state index contributed by atoms with van der Waals surface area (Å²) in [6, 6.07) is 2.87. The Morgan fingerprint density at radius 2 is 1.06 bits per heavy atom. The molecule has 10 heteroatoms. The number of ether oxygens (including phenoxy) is 2. The molecule has 0 aromatic heterocycles. The van der Waals surface area contributed by atoms with E-state index in [4.69, 9.17) is 32.7 Å². The summed E-state index contributed by atoms with van der Waals surface area (Å²) in [7, 11) is 0. The molecule has 0 N–H and O–H groups in total. The molecular formula is C24H30Cl2N2O6. The SMILES string of the molecule is CCOC(=O)C1CCN(C(=O)c2cc(Cl)c(Cl)cc2C(=O)N2CCC(C(=O)OCC)CC2)CC1. The average molecular weight is 513 g/mol. The molecule has 3 rings (SSSR count). The highest BCUT2D eigenvalue weighted by molar-refractivity contribution is 6.42. The van der Waals surface area contributed by atoms with Crippen molar-refractivity contribution in [3.63, 3.8) is 0 Å². The zero-order valence-electron chi connectivity index (χ0n) is 19.5. The van der Waals surface area contributed by atoms with Gasteiger partial charge in [-0.25, -0.2) is 0 Å². The van der Waals surface area contributed by atoms with E-state index >= 15 is 0 Å². The number of carbonyl (C=O) groups is 4. The van der Waals surface area contributed by atoms with Crippen LogP contribution in [0, 0.1) is 11.8 Å². The quantitative estimate of drug-likeness (QED) is 0.537. The zero-order chi connectivity index (χ0) is 24.8. The molecule has 0 aliphatic carbocycles. The molecule has 34 heavy (non-hydrogen) atoms. The number of hydrogen-bond acceptors (Lipinski definition) is 6. The van der Waals surface area contributed by atoms with Crippen molar-refractivity contribution in [3.05, 3.63) is 33.3 Å². The Balaban J connectivity index is 1.73. The van der Waals surface area contributed by atoms with Gasteiger partial charge in [0.15, 0.2) is 0 Å². The highest BCUT2D eigenvalue weighted by Crippen LogP contribution is 2.30. The van der Waals surface area contributed by atoms with Gasteiger partial charge in [-0.1, -0.05) is 23.2 Å². The summed E-state index contributed by atoms with van der Waals surface area (Å²) >= 11 is 12.4. The fourth-order valence-electron chi connectivity index (χ4n) is 4.40. The summed E-state index contributed by atoms with van der Waals surface area (Å²) < 4.78 is 10.2. The smallest absolute Gasteiger partial charge is 0.309 e. The maximum Gasteiger partial charge on any atom is 0.309 e. The van der Waals surface area contributed by atoms with Crippen LogP contribution < -0.4 is 0 Å². The minimum atomic E-state index is -0.328. The molecule has 2 fully saturated rings. The van der Waals surface area contributed by atoms with Crippen molar-refractivity contribution in [2.24, 2.45) is 11.8 Å². The minimum Gasteiger partial charge on any atom is -0.466 e. The van der Waals surface area contributed by atoms with Gasteiger partial charge in [0.05, 0.1) is 46.2 Å². The summed E-state index contributed by atoms with van der Waals surface area (Å²) in [4.78, 5) is 54.0. The molecule has 2 amide bonds. The van der Waals surface area contributed by atoms with E-state index in [1.165, 1.54) is 12.1 Å². The van der Waals surface area contributed by atoms with E-state index < -0.39 is 0 Å². The van der Waals surface area contributed by atoms with Crippen LogP contribution in [0.25, 0.3) is 0 Å². The summed E-state index contributed by atoms with van der Waals surface area (Å²) in [5.74, 6) is -1.62. The van der Waals surface area contributed by atoms with Gasteiger partial charge in [-0.15, -0.1) is 0 Å². The van der Waals surface area contributed by atoms with Crippen LogP contribution in [0.15, 0.2) is 12.1 Å². The number of amides is 2. The first-order valence-corrected chi connectivity index (χ1v) is 12.4. The van der Waals surface area contributed by atoms with E-state index in [1.807, 2.05) is 0 Å². The number of benzene rings is 1. The zero-order valence-corrected chi connectivity index (χ0v) is 21.0. The molecule has 0 spiro atoms. The Morgan fingerprint density at radius 3 is 1.35 bits per heavy atom. The molecule has 2 aliphatic heterocycles. The lowest BCUT2D eigenvalue weighted by atomic mass is 9.94. The molecule has 0 atom stereocenters. The molecule has 8 nitrogen and oxygen atoms in total. The van der Waals surface area contributed by atoms with Crippen molar-refractivity contribution in [1.82, 2.24) is 9.80 Å². The summed E-state index contributed by atoms with van der Waals surface area (Å²) in [6.45, 7) is 5.68. The van der Waals surface area contributed by atoms with Crippen LogP contribution in [0.2, 0.25) is 10.0 Å². The topological polar surface area (TPSA) is 93.2 Å². The van der Waals surface area contributed by atoms with Gasteiger partial charge in [0.1, 0.15) is 0 Å². The summed E-state index contributed by atoms with van der Waals surface area (Å²) in [5, 5.41) is 0.369. The third-order valence-corrected chi connectivity index (χ3v) is 7.05. The normalized spacial score (nSPS) is 17.4. The Kier molecular flexibility index (Phi) is 9.19. The standard InChI is InChI=1S/C24H30Cl2N2O6/c1-3-33-23(31)15-5-9-27(10-6-15)21(29)17-13-19(25)20(26)14-18(17)22(30)28-11-7-16(8-12-28)24(32)34-4-2/h13-16H,3-12H2,1-2H3. The highest BCUT2D eigenvalue weighted by Gasteiger charge is 2.33. The summed E-state index contributed by atoms with van der Waals surface area (Å²) in [6.07, 6.45) is 1.99. The van der Waals surface area contributed by atoms with E-state index in [2.05, 4.69) is 0 Å². The third-order valence-electron chi connectivity index (χ3n) is 6.33. The van der Waals surface area contributed by atoms with E-state index in [9.17, 15) is 19.2 Å². The lowest BCUT2D eigenvalue weighted by Gasteiger charge is -2.33. The van der Waals surface area contributed by atoms with Crippen molar-refractivity contribution in [1.29, 1.82) is 0 Å². The van der Waals surface area contributed by atoms with Gasteiger partial charge >= 0.3 is 11.9 Å². The molecule has 186 valence electrons. The van der Waals surface area contributed by atoms with Crippen molar-refractivity contribution >= 4 is 47.0 Å². The lowest BCUT2D eigenvalue weighted by molar-refractivity contribution is -0.150. The molecule has 2 aliphatic rings. The van der Waals surface area contributed by atoms with Gasteiger partial charge in [-0.2, -0.15) is 0 Å². The summed E-state index contributed by atoms with van der Waals surface area (Å²) in [5.41, 5.74) is 0.364. The average Bonchev–Trinajstić information content (AvgIpc) is 2.85. The van der Waals surface area contributed by atoms with E-state index in [-0.39, 0.29) is 56.8 Å². The first-order valence-electron chi connectivity index (χ1n) is 11.7. The molecule has 1 aromatic carbocycles. The second-order valence-corrected chi connectivity index (χ2v) is 9.26. The van der Waals surface area contributed by atoms with Crippen LogP contribution >= 0.6 is 23.2 Å². The largest absolute Gasteiger partial charge is 0.466 e. The number of halogens is 2. The molecule has 0 bridgehead atoms. The van der Waals surface area contributed by atoms with Crippen LogP contribution in [0.1, 0.15) is 60.2 Å². The Bertz CT molecular complexity index is 863. The van der Waals surface area contributed by atoms with Gasteiger partial charge in [-0.3, -0.25) is 19.2 Å². The van der Waals surface area contributed by atoms with Crippen molar-refractivity contribution in [2.45, 2.75) is 39.5 Å². The van der Waals surface area contributed by atoms with E-state index in [0.29, 0.717) is 65.1 Å².